The van der Waals surface area contributed by atoms with Gasteiger partial charge in [-0.05, 0) is 80.6 Å². The monoisotopic (exact) mass is 562 g/mol. The first kappa shape index (κ1) is 27.6. The number of non-ortho nitro benzene ring substituents is 1. The average molecular weight is 563 g/mol. The summed E-state index contributed by atoms with van der Waals surface area (Å²) in [6, 6.07) is 21.1. The van der Waals surface area contributed by atoms with Gasteiger partial charge in [0.2, 0.25) is 0 Å². The van der Waals surface area contributed by atoms with Crippen LogP contribution in [0.25, 0.3) is 39.8 Å². The second-order valence-corrected chi connectivity index (χ2v) is 10.8. The Kier molecular flexibility index (Phi) is 7.94. The third-order valence-electron chi connectivity index (χ3n) is 7.78. The number of hydrogen-bond donors (Lipinski definition) is 0. The lowest BCUT2D eigenvalue weighted by atomic mass is 10.1. The summed E-state index contributed by atoms with van der Waals surface area (Å²) in [5.74, 6) is 1.56. The van der Waals surface area contributed by atoms with Crippen LogP contribution in [0, 0.1) is 17.0 Å². The Morgan fingerprint density at radius 3 is 2.69 bits per heavy atom. The van der Waals surface area contributed by atoms with Crippen LogP contribution in [0.15, 0.2) is 72.9 Å². The summed E-state index contributed by atoms with van der Waals surface area (Å²) in [6.07, 6.45) is 6.49. The van der Waals surface area contributed by atoms with E-state index in [0.29, 0.717) is 17.5 Å². The second-order valence-electron chi connectivity index (χ2n) is 10.8. The lowest BCUT2D eigenvalue weighted by Gasteiger charge is -2.32. The number of nitro benzene ring substituents is 1. The van der Waals surface area contributed by atoms with Crippen molar-refractivity contribution in [2.24, 2.45) is 0 Å². The first-order chi connectivity index (χ1) is 20.5. The molecular formula is C33H34N6O3. The minimum Gasteiger partial charge on any atom is -0.493 e. The molecule has 6 rings (SSSR count). The number of imidazole rings is 1. The molecule has 1 aliphatic rings. The van der Waals surface area contributed by atoms with E-state index in [1.54, 1.807) is 24.4 Å². The number of rotatable bonds is 9. The smallest absolute Gasteiger partial charge is 0.278 e. The molecule has 9 nitrogen and oxygen atoms in total. The molecule has 0 radical (unpaired) electrons. The van der Waals surface area contributed by atoms with E-state index < -0.39 is 0 Å². The highest BCUT2D eigenvalue weighted by Gasteiger charge is 2.16. The van der Waals surface area contributed by atoms with Crippen LogP contribution in [0.5, 0.6) is 5.75 Å². The number of ether oxygens (including phenoxy) is 1. The molecule has 5 aromatic rings. The Morgan fingerprint density at radius 2 is 1.86 bits per heavy atom. The van der Waals surface area contributed by atoms with Gasteiger partial charge in [-0.1, -0.05) is 12.1 Å². The van der Waals surface area contributed by atoms with Crippen molar-refractivity contribution in [3.05, 3.63) is 100.0 Å². The third kappa shape index (κ3) is 5.88. The Labute approximate surface area is 244 Å². The lowest BCUT2D eigenvalue weighted by Crippen LogP contribution is -2.44. The number of nitrogens with zero attached hydrogens (tertiary/aromatic N) is 6. The zero-order valence-electron chi connectivity index (χ0n) is 23.9. The standard InChI is InChI=1S/C33H34N6O3/c1-24-9-12-31-29(22-24)35-32(14-11-25-10-13-30(39(40)41)28-8-4-15-34-33(25)28)38(31)26-6-3-7-27(23-26)42-21-5-16-37-19-17-36(2)18-20-37/h3-4,6-15,22-23H,5,16-21H2,1-2H3/b14-11+. The van der Waals surface area contributed by atoms with Crippen LogP contribution < -0.4 is 4.74 Å². The molecule has 3 aromatic carbocycles. The topological polar surface area (TPSA) is 89.6 Å². The summed E-state index contributed by atoms with van der Waals surface area (Å²) in [6.45, 7) is 8.22. The molecule has 1 aliphatic heterocycles. The van der Waals surface area contributed by atoms with Crippen molar-refractivity contribution in [1.29, 1.82) is 0 Å². The molecule has 0 aliphatic carbocycles. The summed E-state index contributed by atoms with van der Waals surface area (Å²) >= 11 is 0. The van der Waals surface area contributed by atoms with E-state index >= 15 is 0 Å². The van der Waals surface area contributed by atoms with Crippen LogP contribution in [0.1, 0.15) is 23.4 Å². The van der Waals surface area contributed by atoms with E-state index in [0.717, 1.165) is 78.6 Å². The number of fused-ring (bicyclic) bond motifs is 2. The molecule has 0 atom stereocenters. The molecule has 3 heterocycles. The van der Waals surface area contributed by atoms with Gasteiger partial charge in [0.15, 0.2) is 0 Å². The van der Waals surface area contributed by atoms with Gasteiger partial charge in [-0.15, -0.1) is 0 Å². The van der Waals surface area contributed by atoms with E-state index in [2.05, 4.69) is 63.7 Å². The Balaban J connectivity index is 1.28. The van der Waals surface area contributed by atoms with Gasteiger partial charge >= 0.3 is 0 Å². The van der Waals surface area contributed by atoms with E-state index in [4.69, 9.17) is 9.72 Å². The van der Waals surface area contributed by atoms with Crippen molar-refractivity contribution < 1.29 is 9.66 Å². The molecule has 0 saturated carbocycles. The maximum absolute atomic E-state index is 11.6. The molecule has 9 heteroatoms. The fourth-order valence-electron chi connectivity index (χ4n) is 5.49. The fourth-order valence-corrected chi connectivity index (χ4v) is 5.49. The molecule has 0 unspecified atom stereocenters. The van der Waals surface area contributed by atoms with Crippen LogP contribution in [0.4, 0.5) is 5.69 Å². The predicted octanol–water partition coefficient (Wildman–Crippen LogP) is 5.98. The highest BCUT2D eigenvalue weighted by Crippen LogP contribution is 2.30. The van der Waals surface area contributed by atoms with Crippen LogP contribution in [-0.4, -0.2) is 75.6 Å². The number of piperazine rings is 1. The Morgan fingerprint density at radius 1 is 1.00 bits per heavy atom. The SMILES string of the molecule is Cc1ccc2c(c1)nc(/C=C/c1ccc([N+](=O)[O-])c3cccnc13)n2-c1cccc(OCCCN2CCN(C)CC2)c1. The number of aryl methyl sites for hydroxylation is 1. The highest BCUT2D eigenvalue weighted by atomic mass is 16.6. The fraction of sp³-hybridized carbons (Fsp3) is 0.273. The molecule has 214 valence electrons. The molecule has 1 fully saturated rings. The summed E-state index contributed by atoms with van der Waals surface area (Å²) < 4.78 is 8.30. The van der Waals surface area contributed by atoms with Crippen molar-refractivity contribution in [1.82, 2.24) is 24.3 Å². The third-order valence-corrected chi connectivity index (χ3v) is 7.78. The summed E-state index contributed by atoms with van der Waals surface area (Å²) in [7, 11) is 2.17. The van der Waals surface area contributed by atoms with Gasteiger partial charge in [0.25, 0.3) is 5.69 Å². The highest BCUT2D eigenvalue weighted by molar-refractivity contribution is 5.95. The first-order valence-electron chi connectivity index (χ1n) is 14.3. The van der Waals surface area contributed by atoms with Crippen LogP contribution in [0.2, 0.25) is 0 Å². The summed E-state index contributed by atoms with van der Waals surface area (Å²) in [4.78, 5) is 25.5. The van der Waals surface area contributed by atoms with E-state index in [1.165, 1.54) is 6.07 Å². The molecule has 0 N–H and O–H groups in total. The van der Waals surface area contributed by atoms with Crippen molar-refractivity contribution in [3.8, 4) is 11.4 Å². The minimum absolute atomic E-state index is 0.0401. The van der Waals surface area contributed by atoms with Gasteiger partial charge in [0, 0.05) is 56.6 Å². The molecular weight excluding hydrogens is 528 g/mol. The van der Waals surface area contributed by atoms with Crippen molar-refractivity contribution in [2.75, 3.05) is 46.4 Å². The maximum Gasteiger partial charge on any atom is 0.278 e. The summed E-state index contributed by atoms with van der Waals surface area (Å²) in [5.41, 5.74) is 5.35. The van der Waals surface area contributed by atoms with E-state index in [1.807, 2.05) is 24.3 Å². The van der Waals surface area contributed by atoms with Crippen LogP contribution >= 0.6 is 0 Å². The Hall–Kier alpha value is -4.60. The predicted molar refractivity (Wildman–Crippen MR) is 167 cm³/mol. The van der Waals surface area contributed by atoms with E-state index in [-0.39, 0.29) is 10.6 Å². The first-order valence-corrected chi connectivity index (χ1v) is 14.3. The average Bonchev–Trinajstić information content (AvgIpc) is 3.36. The number of nitro groups is 1. The van der Waals surface area contributed by atoms with Crippen LogP contribution in [-0.2, 0) is 0 Å². The number of aromatic nitrogens is 3. The second kappa shape index (κ2) is 12.1. The van der Waals surface area contributed by atoms with Crippen molar-refractivity contribution in [3.63, 3.8) is 0 Å². The Bertz CT molecular complexity index is 1770. The van der Waals surface area contributed by atoms with Gasteiger partial charge in [-0.2, -0.15) is 0 Å². The number of pyridine rings is 1. The summed E-state index contributed by atoms with van der Waals surface area (Å²) in [5, 5.41) is 12.1. The molecule has 1 saturated heterocycles. The lowest BCUT2D eigenvalue weighted by molar-refractivity contribution is -0.383. The van der Waals surface area contributed by atoms with E-state index in [9.17, 15) is 10.1 Å². The van der Waals surface area contributed by atoms with Crippen molar-refractivity contribution in [2.45, 2.75) is 13.3 Å². The minimum atomic E-state index is -0.374. The normalized spacial score (nSPS) is 14.7. The quantitative estimate of drug-likeness (QED) is 0.124. The van der Waals surface area contributed by atoms with Gasteiger partial charge in [-0.25, -0.2) is 4.98 Å². The molecule has 0 amide bonds. The van der Waals surface area contributed by atoms with Gasteiger partial charge in [0.05, 0.1) is 39.2 Å². The van der Waals surface area contributed by atoms with Crippen molar-refractivity contribution >= 4 is 39.8 Å². The molecule has 42 heavy (non-hydrogen) atoms. The maximum atomic E-state index is 11.6. The van der Waals surface area contributed by atoms with Gasteiger partial charge < -0.3 is 14.5 Å². The zero-order chi connectivity index (χ0) is 29.1. The molecule has 2 aromatic heterocycles. The number of hydrogen-bond acceptors (Lipinski definition) is 7. The number of likely N-dealkylation sites (N-methyl/N-ethyl adjacent to an activating group) is 1. The van der Waals surface area contributed by atoms with Gasteiger partial charge in [0.1, 0.15) is 11.6 Å². The number of benzene rings is 3. The van der Waals surface area contributed by atoms with Gasteiger partial charge in [-0.3, -0.25) is 19.7 Å². The largest absolute Gasteiger partial charge is 0.493 e. The molecule has 0 spiro atoms. The molecule has 0 bridgehead atoms. The van der Waals surface area contributed by atoms with Crippen LogP contribution in [0.3, 0.4) is 0 Å². The zero-order valence-corrected chi connectivity index (χ0v) is 23.9.